The lowest BCUT2D eigenvalue weighted by Gasteiger charge is -2.35. The van der Waals surface area contributed by atoms with E-state index in [9.17, 15) is 0 Å². The van der Waals surface area contributed by atoms with Crippen molar-refractivity contribution < 1.29 is 4.74 Å². The van der Waals surface area contributed by atoms with E-state index in [2.05, 4.69) is 49.3 Å². The average molecular weight is 437 g/mol. The molecular formula is C23H32N8O. The molecule has 0 spiro atoms. The Morgan fingerprint density at radius 1 is 1.09 bits per heavy atom. The predicted molar refractivity (Wildman–Crippen MR) is 127 cm³/mol. The molecule has 1 fully saturated rings. The van der Waals surface area contributed by atoms with Crippen LogP contribution in [-0.2, 0) is 13.0 Å². The van der Waals surface area contributed by atoms with Crippen LogP contribution in [0.3, 0.4) is 0 Å². The zero-order chi connectivity index (χ0) is 22.1. The lowest BCUT2D eigenvalue weighted by Crippen LogP contribution is -2.45. The normalized spacial score (nSPS) is 16.6. The van der Waals surface area contributed by atoms with E-state index in [4.69, 9.17) is 14.7 Å². The third-order valence-corrected chi connectivity index (χ3v) is 6.32. The summed E-state index contributed by atoms with van der Waals surface area (Å²) in [6.07, 6.45) is 2.84. The van der Waals surface area contributed by atoms with Crippen molar-refractivity contribution in [2.75, 3.05) is 69.8 Å². The highest BCUT2D eigenvalue weighted by atomic mass is 16.5. The van der Waals surface area contributed by atoms with Crippen LogP contribution in [-0.4, -0.2) is 85.0 Å². The number of likely N-dealkylation sites (N-methyl/N-ethyl adjacent to an activating group) is 1. The summed E-state index contributed by atoms with van der Waals surface area (Å²) in [4.78, 5) is 16.7. The number of anilines is 2. The van der Waals surface area contributed by atoms with Crippen molar-refractivity contribution in [3.63, 3.8) is 0 Å². The molecular weight excluding hydrogens is 404 g/mol. The lowest BCUT2D eigenvalue weighted by atomic mass is 10.0. The van der Waals surface area contributed by atoms with Gasteiger partial charge in [0.2, 0.25) is 0 Å². The molecule has 5 rings (SSSR count). The van der Waals surface area contributed by atoms with Gasteiger partial charge in [-0.3, -0.25) is 5.10 Å². The van der Waals surface area contributed by atoms with Gasteiger partial charge in [0.05, 0.1) is 29.6 Å². The third kappa shape index (κ3) is 4.10. The molecule has 1 aromatic carbocycles. The number of fused-ring (bicyclic) bond motifs is 2. The Labute approximate surface area is 188 Å². The zero-order valence-electron chi connectivity index (χ0n) is 19.2. The molecule has 2 N–H and O–H groups in total. The summed E-state index contributed by atoms with van der Waals surface area (Å²) in [5, 5.41) is 12.0. The summed E-state index contributed by atoms with van der Waals surface area (Å²) < 4.78 is 6.00. The van der Waals surface area contributed by atoms with Crippen molar-refractivity contribution in [3.8, 4) is 6.01 Å². The van der Waals surface area contributed by atoms with Gasteiger partial charge in [-0.15, -0.1) is 0 Å². The second kappa shape index (κ2) is 8.91. The maximum atomic E-state index is 6.00. The average Bonchev–Trinajstić information content (AvgIpc) is 3.27. The van der Waals surface area contributed by atoms with Crippen LogP contribution in [0, 0.1) is 6.92 Å². The molecule has 0 amide bonds. The molecule has 2 aliphatic heterocycles. The highest BCUT2D eigenvalue weighted by Gasteiger charge is 2.28. The Morgan fingerprint density at radius 3 is 2.75 bits per heavy atom. The molecule has 0 unspecified atom stereocenters. The number of benzene rings is 1. The largest absolute Gasteiger partial charge is 0.462 e. The van der Waals surface area contributed by atoms with E-state index in [1.807, 2.05) is 20.3 Å². The van der Waals surface area contributed by atoms with Gasteiger partial charge in [-0.1, -0.05) is 6.07 Å². The van der Waals surface area contributed by atoms with Gasteiger partial charge in [0.1, 0.15) is 12.4 Å². The van der Waals surface area contributed by atoms with Crippen LogP contribution in [0.4, 0.5) is 11.5 Å². The van der Waals surface area contributed by atoms with Crippen molar-refractivity contribution in [3.05, 3.63) is 35.2 Å². The van der Waals surface area contributed by atoms with Crippen molar-refractivity contribution in [2.24, 2.45) is 0 Å². The number of nitrogens with one attached hydrogen (secondary N) is 2. The Morgan fingerprint density at radius 2 is 1.94 bits per heavy atom. The van der Waals surface area contributed by atoms with Crippen LogP contribution in [0.15, 0.2) is 18.3 Å². The van der Waals surface area contributed by atoms with E-state index in [-0.39, 0.29) is 0 Å². The highest BCUT2D eigenvalue weighted by molar-refractivity contribution is 5.93. The van der Waals surface area contributed by atoms with E-state index in [0.29, 0.717) is 12.6 Å². The number of aromatic amines is 1. The molecule has 32 heavy (non-hydrogen) atoms. The van der Waals surface area contributed by atoms with Gasteiger partial charge in [-0.05, 0) is 39.1 Å². The minimum atomic E-state index is 0.485. The van der Waals surface area contributed by atoms with Gasteiger partial charge in [0, 0.05) is 50.2 Å². The number of aryl methyl sites for hydroxylation is 1. The minimum absolute atomic E-state index is 0.485. The molecule has 4 heterocycles. The summed E-state index contributed by atoms with van der Waals surface area (Å²) in [7, 11) is 4.08. The van der Waals surface area contributed by atoms with Gasteiger partial charge in [0.15, 0.2) is 0 Å². The summed E-state index contributed by atoms with van der Waals surface area (Å²) in [5.41, 5.74) is 5.88. The molecule has 0 atom stereocenters. The molecule has 9 heteroatoms. The zero-order valence-corrected chi connectivity index (χ0v) is 19.2. The van der Waals surface area contributed by atoms with Crippen molar-refractivity contribution in [2.45, 2.75) is 19.9 Å². The van der Waals surface area contributed by atoms with Crippen LogP contribution in [0.2, 0.25) is 0 Å². The number of aromatic nitrogens is 4. The molecule has 1 saturated heterocycles. The van der Waals surface area contributed by atoms with E-state index in [1.54, 1.807) is 0 Å². The first-order valence-corrected chi connectivity index (χ1v) is 11.4. The number of nitrogens with zero attached hydrogens (tertiary/aromatic N) is 6. The number of ether oxygens (including phenoxy) is 1. The van der Waals surface area contributed by atoms with Crippen LogP contribution in [0.1, 0.15) is 16.8 Å². The molecule has 2 aliphatic rings. The van der Waals surface area contributed by atoms with Gasteiger partial charge < -0.3 is 24.8 Å². The van der Waals surface area contributed by atoms with E-state index < -0.39 is 0 Å². The molecule has 0 saturated carbocycles. The quantitative estimate of drug-likeness (QED) is 0.602. The van der Waals surface area contributed by atoms with Gasteiger partial charge in [-0.2, -0.15) is 15.1 Å². The Hall–Kier alpha value is -2.91. The van der Waals surface area contributed by atoms with Crippen LogP contribution in [0.25, 0.3) is 10.9 Å². The summed E-state index contributed by atoms with van der Waals surface area (Å²) in [5.74, 6) is 1.05. The first kappa shape index (κ1) is 21.0. The molecule has 0 bridgehead atoms. The number of piperazine rings is 1. The maximum absolute atomic E-state index is 6.00. The second-order valence-electron chi connectivity index (χ2n) is 8.88. The summed E-state index contributed by atoms with van der Waals surface area (Å²) >= 11 is 0. The van der Waals surface area contributed by atoms with Crippen LogP contribution < -0.4 is 19.9 Å². The van der Waals surface area contributed by atoms with Crippen molar-refractivity contribution >= 4 is 22.4 Å². The predicted octanol–water partition coefficient (Wildman–Crippen LogP) is 1.57. The SMILES string of the molecule is Cc1ccc2[nH]ncc2c1N1CCc2c(nc(OCCN(C)C)nc2N2CCNCC2)C1. The van der Waals surface area contributed by atoms with Crippen molar-refractivity contribution in [1.82, 2.24) is 30.4 Å². The fourth-order valence-corrected chi connectivity index (χ4v) is 4.63. The summed E-state index contributed by atoms with van der Waals surface area (Å²) in [6.45, 7) is 9.11. The smallest absolute Gasteiger partial charge is 0.318 e. The standard InChI is InChI=1S/C23H32N8O/c1-16-4-5-19-18(14-25-28-19)21(16)31-9-6-17-20(15-31)26-23(32-13-12-29(2)3)27-22(17)30-10-7-24-8-11-30/h4-5,14,24H,6-13,15H2,1-3H3,(H,25,28). The Balaban J connectivity index is 1.49. The molecule has 170 valence electrons. The van der Waals surface area contributed by atoms with E-state index >= 15 is 0 Å². The fourth-order valence-electron chi connectivity index (χ4n) is 4.63. The highest BCUT2D eigenvalue weighted by Crippen LogP contribution is 2.35. The number of H-pyrrole nitrogens is 1. The molecule has 9 nitrogen and oxygen atoms in total. The number of rotatable bonds is 6. The minimum Gasteiger partial charge on any atom is -0.462 e. The van der Waals surface area contributed by atoms with Gasteiger partial charge in [-0.25, -0.2) is 0 Å². The van der Waals surface area contributed by atoms with Crippen molar-refractivity contribution in [1.29, 1.82) is 0 Å². The Bertz CT molecular complexity index is 1090. The monoisotopic (exact) mass is 436 g/mol. The molecule has 3 aromatic rings. The first-order chi connectivity index (χ1) is 15.6. The molecule has 0 aliphatic carbocycles. The topological polar surface area (TPSA) is 85.4 Å². The lowest BCUT2D eigenvalue weighted by molar-refractivity contribution is 0.244. The second-order valence-corrected chi connectivity index (χ2v) is 8.88. The van der Waals surface area contributed by atoms with E-state index in [1.165, 1.54) is 16.8 Å². The number of hydrogen-bond donors (Lipinski definition) is 2. The summed E-state index contributed by atoms with van der Waals surface area (Å²) in [6, 6.07) is 4.74. The third-order valence-electron chi connectivity index (χ3n) is 6.32. The molecule has 0 radical (unpaired) electrons. The molecule has 2 aromatic heterocycles. The van der Waals surface area contributed by atoms with Crippen LogP contribution >= 0.6 is 0 Å². The first-order valence-electron chi connectivity index (χ1n) is 11.4. The fraction of sp³-hybridized carbons (Fsp3) is 0.522. The maximum Gasteiger partial charge on any atom is 0.318 e. The number of hydrogen-bond acceptors (Lipinski definition) is 8. The Kier molecular flexibility index (Phi) is 5.84. The van der Waals surface area contributed by atoms with Gasteiger partial charge >= 0.3 is 6.01 Å². The van der Waals surface area contributed by atoms with Crippen LogP contribution in [0.5, 0.6) is 6.01 Å². The van der Waals surface area contributed by atoms with Gasteiger partial charge in [0.25, 0.3) is 0 Å². The van der Waals surface area contributed by atoms with E-state index in [0.717, 1.165) is 74.6 Å².